The van der Waals surface area contributed by atoms with Gasteiger partial charge in [0.25, 0.3) is 0 Å². The minimum Gasteiger partial charge on any atom is -0.354 e. The minimum atomic E-state index is -3.75. The maximum absolute atomic E-state index is 13.6. The van der Waals surface area contributed by atoms with Gasteiger partial charge in [-0.1, -0.05) is 59.6 Å². The normalized spacial score (nSPS) is 12.2. The second-order valence-corrected chi connectivity index (χ2v) is 11.2. The summed E-state index contributed by atoms with van der Waals surface area (Å²) in [5.74, 6) is -0.680. The molecule has 0 heterocycles. The number of hydrogen-bond donors (Lipinski definition) is 1. The number of anilines is 1. The van der Waals surface area contributed by atoms with Crippen molar-refractivity contribution >= 4 is 43.5 Å². The standard InChI is InChI=1S/C25H34BrN3O4S/c1-6-14-27-25(31)23(7-2)28(16-20-10-8-18(3)9-11-20)24(30)17-29(34(5,32)33)21-12-13-22(26)19(4)15-21/h8-13,15,23H,6-7,14,16-17H2,1-5H3,(H,27,31)/t23-/m1/s1. The van der Waals surface area contributed by atoms with E-state index < -0.39 is 28.5 Å². The molecule has 1 atom stereocenters. The lowest BCUT2D eigenvalue weighted by molar-refractivity contribution is -0.140. The number of benzene rings is 2. The molecule has 0 radical (unpaired) electrons. The van der Waals surface area contributed by atoms with Crippen molar-refractivity contribution in [2.75, 3.05) is 23.7 Å². The Morgan fingerprint density at radius 3 is 2.24 bits per heavy atom. The van der Waals surface area contributed by atoms with Crippen molar-refractivity contribution in [1.29, 1.82) is 0 Å². The van der Waals surface area contributed by atoms with E-state index in [9.17, 15) is 18.0 Å². The first-order valence-corrected chi connectivity index (χ1v) is 14.0. The van der Waals surface area contributed by atoms with Gasteiger partial charge in [-0.2, -0.15) is 0 Å². The summed E-state index contributed by atoms with van der Waals surface area (Å²) in [5.41, 5.74) is 3.20. The van der Waals surface area contributed by atoms with E-state index in [1.165, 1.54) is 4.90 Å². The SMILES string of the molecule is CCCNC(=O)[C@@H](CC)N(Cc1ccc(C)cc1)C(=O)CN(c1ccc(Br)c(C)c1)S(C)(=O)=O. The van der Waals surface area contributed by atoms with Crippen LogP contribution in [0.15, 0.2) is 46.9 Å². The summed E-state index contributed by atoms with van der Waals surface area (Å²) in [6.07, 6.45) is 2.26. The fraction of sp³-hybridized carbons (Fsp3) is 0.440. The molecule has 7 nitrogen and oxygen atoms in total. The molecular formula is C25H34BrN3O4S. The first-order valence-electron chi connectivity index (χ1n) is 11.3. The quantitative estimate of drug-likeness (QED) is 0.454. The molecule has 0 fully saturated rings. The van der Waals surface area contributed by atoms with Gasteiger partial charge in [-0.3, -0.25) is 13.9 Å². The average molecular weight is 553 g/mol. The van der Waals surface area contributed by atoms with Crippen LogP contribution in [0.3, 0.4) is 0 Å². The van der Waals surface area contributed by atoms with Gasteiger partial charge in [-0.15, -0.1) is 0 Å². The van der Waals surface area contributed by atoms with Crippen molar-refractivity contribution in [3.05, 3.63) is 63.6 Å². The van der Waals surface area contributed by atoms with E-state index in [0.717, 1.165) is 38.1 Å². The first kappa shape index (κ1) is 27.9. The molecule has 0 saturated heterocycles. The molecule has 0 bridgehead atoms. The summed E-state index contributed by atoms with van der Waals surface area (Å²) in [6, 6.07) is 12.1. The number of halogens is 1. The monoisotopic (exact) mass is 551 g/mol. The molecule has 2 amide bonds. The Bertz CT molecular complexity index is 1100. The van der Waals surface area contributed by atoms with Crippen LogP contribution in [0.4, 0.5) is 5.69 Å². The third-order valence-corrected chi connectivity index (χ3v) is 7.55. The predicted octanol–water partition coefficient (Wildman–Crippen LogP) is 4.17. The van der Waals surface area contributed by atoms with Crippen molar-refractivity contribution in [2.24, 2.45) is 0 Å². The van der Waals surface area contributed by atoms with Crippen molar-refractivity contribution in [3.63, 3.8) is 0 Å². The molecule has 0 aliphatic rings. The number of hydrogen-bond acceptors (Lipinski definition) is 4. The third-order valence-electron chi connectivity index (χ3n) is 5.52. The third kappa shape index (κ3) is 7.56. The first-order chi connectivity index (χ1) is 16.0. The predicted molar refractivity (Wildman–Crippen MR) is 140 cm³/mol. The van der Waals surface area contributed by atoms with Crippen LogP contribution in [0.1, 0.15) is 43.4 Å². The fourth-order valence-corrected chi connectivity index (χ4v) is 4.66. The van der Waals surface area contributed by atoms with Gasteiger partial charge in [0.1, 0.15) is 12.6 Å². The highest BCUT2D eigenvalue weighted by atomic mass is 79.9. The molecule has 0 unspecified atom stereocenters. The van der Waals surface area contributed by atoms with Gasteiger partial charge in [0.2, 0.25) is 21.8 Å². The number of nitrogens with one attached hydrogen (secondary N) is 1. The zero-order valence-electron chi connectivity index (χ0n) is 20.5. The van der Waals surface area contributed by atoms with Gasteiger partial charge in [-0.25, -0.2) is 8.42 Å². The lowest BCUT2D eigenvalue weighted by atomic mass is 10.1. The van der Waals surface area contributed by atoms with Crippen LogP contribution in [-0.2, 0) is 26.2 Å². The van der Waals surface area contributed by atoms with E-state index in [0.29, 0.717) is 18.7 Å². The fourth-order valence-electron chi connectivity index (χ4n) is 3.57. The highest BCUT2D eigenvalue weighted by Gasteiger charge is 2.31. The molecule has 2 rings (SSSR count). The van der Waals surface area contributed by atoms with Gasteiger partial charge < -0.3 is 10.2 Å². The van der Waals surface area contributed by atoms with E-state index >= 15 is 0 Å². The molecule has 1 N–H and O–H groups in total. The van der Waals surface area contributed by atoms with Gasteiger partial charge in [0.05, 0.1) is 11.9 Å². The van der Waals surface area contributed by atoms with Crippen LogP contribution >= 0.6 is 15.9 Å². The number of amides is 2. The summed E-state index contributed by atoms with van der Waals surface area (Å²) in [5, 5.41) is 2.87. The van der Waals surface area contributed by atoms with Crippen LogP contribution in [0.5, 0.6) is 0 Å². The maximum atomic E-state index is 13.6. The molecule has 34 heavy (non-hydrogen) atoms. The average Bonchev–Trinajstić information content (AvgIpc) is 2.78. The van der Waals surface area contributed by atoms with Crippen LogP contribution in [-0.4, -0.2) is 50.5 Å². The lowest BCUT2D eigenvalue weighted by Crippen LogP contribution is -2.52. The number of sulfonamides is 1. The molecule has 0 saturated carbocycles. The number of aryl methyl sites for hydroxylation is 2. The molecule has 2 aromatic carbocycles. The van der Waals surface area contributed by atoms with Crippen molar-refractivity contribution in [1.82, 2.24) is 10.2 Å². The number of rotatable bonds is 11. The van der Waals surface area contributed by atoms with E-state index in [1.807, 2.05) is 52.0 Å². The van der Waals surface area contributed by atoms with Crippen LogP contribution in [0.2, 0.25) is 0 Å². The van der Waals surface area contributed by atoms with E-state index in [1.54, 1.807) is 18.2 Å². The Hall–Kier alpha value is -2.39. The molecule has 0 aromatic heterocycles. The lowest BCUT2D eigenvalue weighted by Gasteiger charge is -2.33. The molecule has 0 aliphatic heterocycles. The van der Waals surface area contributed by atoms with Crippen LogP contribution in [0.25, 0.3) is 0 Å². The summed E-state index contributed by atoms with van der Waals surface area (Å²) >= 11 is 3.42. The summed E-state index contributed by atoms with van der Waals surface area (Å²) in [6.45, 7) is 7.94. The summed E-state index contributed by atoms with van der Waals surface area (Å²) < 4.78 is 27.3. The molecule has 9 heteroatoms. The molecule has 2 aromatic rings. The Labute approximate surface area is 211 Å². The summed E-state index contributed by atoms with van der Waals surface area (Å²) in [7, 11) is -3.75. The summed E-state index contributed by atoms with van der Waals surface area (Å²) in [4.78, 5) is 28.0. The number of carbonyl (C=O) groups excluding carboxylic acids is 2. The van der Waals surface area contributed by atoms with Crippen molar-refractivity contribution < 1.29 is 18.0 Å². The van der Waals surface area contributed by atoms with E-state index in [4.69, 9.17) is 0 Å². The largest absolute Gasteiger partial charge is 0.354 e. The van der Waals surface area contributed by atoms with Gasteiger partial charge in [0, 0.05) is 17.6 Å². The van der Waals surface area contributed by atoms with Gasteiger partial charge >= 0.3 is 0 Å². The highest BCUT2D eigenvalue weighted by molar-refractivity contribution is 9.10. The second kappa shape index (κ2) is 12.4. The zero-order valence-corrected chi connectivity index (χ0v) is 22.9. The van der Waals surface area contributed by atoms with Gasteiger partial charge in [0.15, 0.2) is 0 Å². The second-order valence-electron chi connectivity index (χ2n) is 8.43. The Kier molecular flexibility index (Phi) is 10.1. The van der Waals surface area contributed by atoms with Crippen molar-refractivity contribution in [3.8, 4) is 0 Å². The Morgan fingerprint density at radius 1 is 1.06 bits per heavy atom. The Morgan fingerprint density at radius 2 is 1.71 bits per heavy atom. The highest BCUT2D eigenvalue weighted by Crippen LogP contribution is 2.25. The maximum Gasteiger partial charge on any atom is 0.244 e. The van der Waals surface area contributed by atoms with Crippen LogP contribution < -0.4 is 9.62 Å². The number of nitrogens with zero attached hydrogens (tertiary/aromatic N) is 2. The molecule has 0 aliphatic carbocycles. The minimum absolute atomic E-state index is 0.203. The van der Waals surface area contributed by atoms with Gasteiger partial charge in [-0.05, 0) is 56.0 Å². The Balaban J connectivity index is 2.43. The smallest absolute Gasteiger partial charge is 0.244 e. The zero-order chi connectivity index (χ0) is 25.5. The van der Waals surface area contributed by atoms with Crippen molar-refractivity contribution in [2.45, 2.75) is 53.1 Å². The molecular weight excluding hydrogens is 518 g/mol. The molecule has 186 valence electrons. The number of carbonyl (C=O) groups is 2. The molecule has 0 spiro atoms. The van der Waals surface area contributed by atoms with E-state index in [-0.39, 0.29) is 12.5 Å². The van der Waals surface area contributed by atoms with E-state index in [2.05, 4.69) is 21.2 Å². The topological polar surface area (TPSA) is 86.8 Å². The van der Waals surface area contributed by atoms with Crippen LogP contribution in [0, 0.1) is 13.8 Å².